The molecule has 0 radical (unpaired) electrons. The van der Waals surface area contributed by atoms with Gasteiger partial charge in [0.25, 0.3) is 11.8 Å². The number of hydrogen-bond acceptors (Lipinski definition) is 4. The van der Waals surface area contributed by atoms with E-state index in [-0.39, 0.29) is 21.9 Å². The minimum Gasteiger partial charge on any atom is -0.347 e. The van der Waals surface area contributed by atoms with Crippen LogP contribution in [0.15, 0.2) is 30.3 Å². The smallest absolute Gasteiger partial charge is 0.284 e. The second-order valence-corrected chi connectivity index (χ2v) is 5.08. The van der Waals surface area contributed by atoms with Crippen molar-refractivity contribution in [3.05, 3.63) is 57.3 Å². The SMILES string of the molecule is O=C(NO)c1ccc(C(=O)NCc2cccc(F)c2F)s1. The third-order valence-electron chi connectivity index (χ3n) is 2.63. The molecular formula is C13H10F2N2O3S. The van der Waals surface area contributed by atoms with Gasteiger partial charge in [0, 0.05) is 12.1 Å². The van der Waals surface area contributed by atoms with E-state index in [2.05, 4.69) is 5.32 Å². The summed E-state index contributed by atoms with van der Waals surface area (Å²) in [6.45, 7) is -0.179. The van der Waals surface area contributed by atoms with Gasteiger partial charge in [-0.3, -0.25) is 14.8 Å². The van der Waals surface area contributed by atoms with Gasteiger partial charge in [0.05, 0.1) is 9.75 Å². The quantitative estimate of drug-likeness (QED) is 0.597. The molecular weight excluding hydrogens is 302 g/mol. The number of carbonyl (C=O) groups is 2. The zero-order valence-corrected chi connectivity index (χ0v) is 11.3. The molecule has 1 aromatic carbocycles. The van der Waals surface area contributed by atoms with Gasteiger partial charge >= 0.3 is 0 Å². The van der Waals surface area contributed by atoms with Crippen molar-refractivity contribution in [3.8, 4) is 0 Å². The Kier molecular flexibility index (Phi) is 4.61. The maximum atomic E-state index is 13.4. The Bertz CT molecular complexity index is 688. The molecule has 110 valence electrons. The monoisotopic (exact) mass is 312 g/mol. The van der Waals surface area contributed by atoms with Gasteiger partial charge in [-0.15, -0.1) is 11.3 Å². The number of halogens is 2. The summed E-state index contributed by atoms with van der Waals surface area (Å²) in [6, 6.07) is 6.45. The first-order valence-electron chi connectivity index (χ1n) is 5.78. The predicted molar refractivity (Wildman–Crippen MR) is 71.1 cm³/mol. The van der Waals surface area contributed by atoms with Crippen LogP contribution in [0.5, 0.6) is 0 Å². The zero-order chi connectivity index (χ0) is 15.4. The molecule has 1 aromatic heterocycles. The van der Waals surface area contributed by atoms with Gasteiger partial charge in [0.1, 0.15) is 0 Å². The number of rotatable bonds is 4. The summed E-state index contributed by atoms with van der Waals surface area (Å²) in [5.41, 5.74) is 1.48. The van der Waals surface area contributed by atoms with E-state index in [1.807, 2.05) is 0 Å². The maximum absolute atomic E-state index is 13.4. The highest BCUT2D eigenvalue weighted by Crippen LogP contribution is 2.17. The maximum Gasteiger partial charge on any atom is 0.284 e. The van der Waals surface area contributed by atoms with Crippen LogP contribution in [0.4, 0.5) is 8.78 Å². The van der Waals surface area contributed by atoms with Crippen molar-refractivity contribution in [3.63, 3.8) is 0 Å². The Morgan fingerprint density at radius 3 is 2.43 bits per heavy atom. The van der Waals surface area contributed by atoms with Gasteiger partial charge in [-0.25, -0.2) is 14.3 Å². The van der Waals surface area contributed by atoms with Crippen LogP contribution in [0.25, 0.3) is 0 Å². The number of hydroxylamine groups is 1. The van der Waals surface area contributed by atoms with Crippen LogP contribution in [0.3, 0.4) is 0 Å². The number of carbonyl (C=O) groups excluding carboxylic acids is 2. The van der Waals surface area contributed by atoms with Crippen molar-refractivity contribution in [1.82, 2.24) is 10.8 Å². The summed E-state index contributed by atoms with van der Waals surface area (Å²) in [7, 11) is 0. The van der Waals surface area contributed by atoms with Crippen LogP contribution in [0.2, 0.25) is 0 Å². The number of nitrogens with one attached hydrogen (secondary N) is 2. The fraction of sp³-hybridized carbons (Fsp3) is 0.0769. The van der Waals surface area contributed by atoms with Crippen LogP contribution < -0.4 is 10.8 Å². The van der Waals surface area contributed by atoms with E-state index in [0.717, 1.165) is 17.4 Å². The van der Waals surface area contributed by atoms with E-state index in [0.29, 0.717) is 0 Å². The van der Waals surface area contributed by atoms with E-state index in [9.17, 15) is 18.4 Å². The standard InChI is InChI=1S/C13H10F2N2O3S/c14-8-3-1-2-7(11(8)15)6-16-12(18)9-4-5-10(21-9)13(19)17-20/h1-5,20H,6H2,(H,16,18)(H,17,19). The molecule has 8 heteroatoms. The largest absolute Gasteiger partial charge is 0.347 e. The first-order valence-corrected chi connectivity index (χ1v) is 6.60. The minimum atomic E-state index is -1.01. The Morgan fingerprint density at radius 2 is 1.76 bits per heavy atom. The highest BCUT2D eigenvalue weighted by Gasteiger charge is 2.14. The van der Waals surface area contributed by atoms with E-state index < -0.39 is 23.4 Å². The molecule has 2 aromatic rings. The van der Waals surface area contributed by atoms with Crippen LogP contribution in [0.1, 0.15) is 24.9 Å². The van der Waals surface area contributed by atoms with Crippen LogP contribution in [0, 0.1) is 11.6 Å². The summed E-state index contributed by atoms with van der Waals surface area (Å²) in [5, 5.41) is 10.9. The summed E-state index contributed by atoms with van der Waals surface area (Å²) in [6.07, 6.45) is 0. The second kappa shape index (κ2) is 6.42. The lowest BCUT2D eigenvalue weighted by atomic mass is 10.2. The van der Waals surface area contributed by atoms with Crippen molar-refractivity contribution in [2.45, 2.75) is 6.54 Å². The van der Waals surface area contributed by atoms with Crippen LogP contribution in [-0.2, 0) is 6.54 Å². The van der Waals surface area contributed by atoms with Crippen molar-refractivity contribution in [2.75, 3.05) is 0 Å². The summed E-state index contributed by atoms with van der Waals surface area (Å²) in [5.74, 6) is -3.25. The molecule has 0 saturated heterocycles. The van der Waals surface area contributed by atoms with Gasteiger partial charge in [0.2, 0.25) is 0 Å². The number of amides is 2. The fourth-order valence-electron chi connectivity index (χ4n) is 1.58. The molecule has 2 rings (SSSR count). The molecule has 0 spiro atoms. The number of benzene rings is 1. The summed E-state index contributed by atoms with van der Waals surface area (Å²) >= 11 is 0.864. The Balaban J connectivity index is 2.03. The first-order chi connectivity index (χ1) is 10.0. The molecule has 2 amide bonds. The van der Waals surface area contributed by atoms with Crippen molar-refractivity contribution in [1.29, 1.82) is 0 Å². The lowest BCUT2D eigenvalue weighted by molar-refractivity contribution is 0.0711. The minimum absolute atomic E-state index is 0.0215. The Hall–Kier alpha value is -2.32. The van der Waals surface area contributed by atoms with Crippen molar-refractivity contribution in [2.24, 2.45) is 0 Å². The lowest BCUT2D eigenvalue weighted by Crippen LogP contribution is -2.22. The molecule has 0 aliphatic heterocycles. The fourth-order valence-corrected chi connectivity index (χ4v) is 2.40. The zero-order valence-electron chi connectivity index (χ0n) is 10.5. The average Bonchev–Trinajstić information content (AvgIpc) is 2.97. The van der Waals surface area contributed by atoms with Gasteiger partial charge in [0.15, 0.2) is 11.6 Å². The van der Waals surface area contributed by atoms with Gasteiger partial charge in [-0.1, -0.05) is 12.1 Å². The topological polar surface area (TPSA) is 78.4 Å². The summed E-state index contributed by atoms with van der Waals surface area (Å²) < 4.78 is 26.4. The van der Waals surface area contributed by atoms with Gasteiger partial charge in [-0.2, -0.15) is 0 Å². The highest BCUT2D eigenvalue weighted by atomic mass is 32.1. The molecule has 0 fully saturated rings. The molecule has 1 heterocycles. The van der Waals surface area contributed by atoms with Crippen LogP contribution in [-0.4, -0.2) is 17.0 Å². The van der Waals surface area contributed by atoms with Crippen molar-refractivity contribution >= 4 is 23.2 Å². The van der Waals surface area contributed by atoms with E-state index >= 15 is 0 Å². The summed E-state index contributed by atoms with van der Waals surface area (Å²) in [4.78, 5) is 23.3. The Morgan fingerprint density at radius 1 is 1.10 bits per heavy atom. The van der Waals surface area contributed by atoms with E-state index in [1.54, 1.807) is 0 Å². The van der Waals surface area contributed by atoms with Crippen molar-refractivity contribution < 1.29 is 23.6 Å². The highest BCUT2D eigenvalue weighted by molar-refractivity contribution is 7.15. The van der Waals surface area contributed by atoms with E-state index in [1.165, 1.54) is 29.7 Å². The normalized spacial score (nSPS) is 10.2. The van der Waals surface area contributed by atoms with Crippen LogP contribution >= 0.6 is 11.3 Å². The first kappa shape index (κ1) is 15.1. The second-order valence-electron chi connectivity index (χ2n) is 4.00. The average molecular weight is 312 g/mol. The molecule has 0 unspecified atom stereocenters. The number of hydrogen-bond donors (Lipinski definition) is 3. The molecule has 0 aliphatic rings. The molecule has 0 atom stereocenters. The molecule has 0 bridgehead atoms. The predicted octanol–water partition coefficient (Wildman–Crippen LogP) is 2.08. The third-order valence-corrected chi connectivity index (χ3v) is 3.71. The van der Waals surface area contributed by atoms with Gasteiger partial charge in [-0.05, 0) is 18.2 Å². The van der Waals surface area contributed by atoms with E-state index in [4.69, 9.17) is 5.21 Å². The Labute approximate surface area is 122 Å². The third kappa shape index (κ3) is 3.41. The molecule has 5 nitrogen and oxygen atoms in total. The van der Waals surface area contributed by atoms with Gasteiger partial charge < -0.3 is 5.32 Å². The molecule has 0 saturated carbocycles. The lowest BCUT2D eigenvalue weighted by Gasteiger charge is -2.05. The molecule has 3 N–H and O–H groups in total. The molecule has 0 aliphatic carbocycles. The molecule has 21 heavy (non-hydrogen) atoms. The number of thiophene rings is 1.